The van der Waals surface area contributed by atoms with Crippen LogP contribution in [0.4, 0.5) is 0 Å². The first-order chi connectivity index (χ1) is 9.67. The van der Waals surface area contributed by atoms with E-state index in [0.717, 1.165) is 39.3 Å². The molecule has 21 heavy (non-hydrogen) atoms. The highest BCUT2D eigenvalue weighted by Gasteiger charge is 2.35. The van der Waals surface area contributed by atoms with E-state index in [2.05, 4.69) is 17.6 Å². The van der Waals surface area contributed by atoms with Crippen LogP contribution in [0.5, 0.6) is 0 Å². The van der Waals surface area contributed by atoms with E-state index in [0.29, 0.717) is 11.3 Å². The Morgan fingerprint density at radius 3 is 2.57 bits per heavy atom. The molecule has 1 heterocycles. The molecule has 1 unspecified atom stereocenters. The zero-order valence-corrected chi connectivity index (χ0v) is 14.3. The molecule has 1 saturated heterocycles. The van der Waals surface area contributed by atoms with Gasteiger partial charge in [-0.25, -0.2) is 0 Å². The molecule has 2 fully saturated rings. The number of ether oxygens (including phenoxy) is 1. The Morgan fingerprint density at radius 2 is 2.05 bits per heavy atom. The molecule has 0 bridgehead atoms. The molecule has 0 aromatic heterocycles. The number of nitrogens with one attached hydrogen (secondary N) is 2. The van der Waals surface area contributed by atoms with Gasteiger partial charge in [-0.05, 0) is 50.6 Å². The predicted octanol–water partition coefficient (Wildman–Crippen LogP) is 2.37. The highest BCUT2D eigenvalue weighted by atomic mass is 35.5. The van der Waals surface area contributed by atoms with Crippen LogP contribution in [0.2, 0.25) is 0 Å². The van der Waals surface area contributed by atoms with E-state index in [1.807, 2.05) is 6.92 Å². The second-order valence-corrected chi connectivity index (χ2v) is 6.58. The highest BCUT2D eigenvalue weighted by molar-refractivity contribution is 5.85. The van der Waals surface area contributed by atoms with Crippen molar-refractivity contribution in [1.82, 2.24) is 10.6 Å². The molecule has 4 nitrogen and oxygen atoms in total. The molecule has 1 saturated carbocycles. The molecule has 0 radical (unpaired) electrons. The lowest BCUT2D eigenvalue weighted by Gasteiger charge is -2.34. The molecule has 5 heteroatoms. The normalized spacial score (nSPS) is 22.2. The lowest BCUT2D eigenvalue weighted by molar-refractivity contribution is -0.127. The Kier molecular flexibility index (Phi) is 7.99. The monoisotopic (exact) mass is 318 g/mol. The predicted molar refractivity (Wildman–Crippen MR) is 87.8 cm³/mol. The molecule has 1 atom stereocenters. The van der Waals surface area contributed by atoms with Gasteiger partial charge in [0.1, 0.15) is 0 Å². The maximum atomic E-state index is 12.2. The fourth-order valence-electron chi connectivity index (χ4n) is 3.39. The summed E-state index contributed by atoms with van der Waals surface area (Å²) in [6, 6.07) is 0. The summed E-state index contributed by atoms with van der Waals surface area (Å²) in [4.78, 5) is 12.2. The van der Waals surface area contributed by atoms with Gasteiger partial charge in [-0.3, -0.25) is 4.79 Å². The molecule has 124 valence electrons. The van der Waals surface area contributed by atoms with E-state index in [1.165, 1.54) is 25.7 Å². The summed E-state index contributed by atoms with van der Waals surface area (Å²) >= 11 is 0. The molecule has 2 rings (SSSR count). The number of hydrogen-bond donors (Lipinski definition) is 2. The van der Waals surface area contributed by atoms with Gasteiger partial charge in [-0.15, -0.1) is 12.4 Å². The van der Waals surface area contributed by atoms with Gasteiger partial charge in [0, 0.05) is 25.7 Å². The largest absolute Gasteiger partial charge is 0.382 e. The Bertz CT molecular complexity index is 315. The molecular formula is C16H31ClN2O2. The molecular weight excluding hydrogens is 288 g/mol. The van der Waals surface area contributed by atoms with Crippen molar-refractivity contribution >= 4 is 18.3 Å². The Hall–Kier alpha value is -0.320. The summed E-state index contributed by atoms with van der Waals surface area (Å²) in [7, 11) is 0. The third kappa shape index (κ3) is 5.11. The molecule has 0 aromatic rings. The summed E-state index contributed by atoms with van der Waals surface area (Å²) in [5, 5.41) is 6.46. The zero-order chi connectivity index (χ0) is 14.4. The lowest BCUT2D eigenvalue weighted by atomic mass is 9.82. The first-order valence-corrected chi connectivity index (χ1v) is 8.23. The lowest BCUT2D eigenvalue weighted by Crippen LogP contribution is -2.50. The number of halogens is 1. The fourth-order valence-corrected chi connectivity index (χ4v) is 3.39. The SMILES string of the molecule is CCOCCC1(CNC(=O)C(C)C2CNC2)CCCC1.Cl. The van der Waals surface area contributed by atoms with Gasteiger partial charge in [-0.2, -0.15) is 0 Å². The van der Waals surface area contributed by atoms with Crippen LogP contribution in [-0.4, -0.2) is 38.8 Å². The van der Waals surface area contributed by atoms with Gasteiger partial charge >= 0.3 is 0 Å². The van der Waals surface area contributed by atoms with Crippen LogP contribution in [-0.2, 0) is 9.53 Å². The molecule has 1 aliphatic heterocycles. The second kappa shape index (κ2) is 8.96. The number of amides is 1. The van der Waals surface area contributed by atoms with Crippen molar-refractivity contribution in [3.05, 3.63) is 0 Å². The van der Waals surface area contributed by atoms with Crippen LogP contribution in [0.25, 0.3) is 0 Å². The minimum Gasteiger partial charge on any atom is -0.382 e. The summed E-state index contributed by atoms with van der Waals surface area (Å²) in [5.74, 6) is 0.902. The van der Waals surface area contributed by atoms with Crippen molar-refractivity contribution in [3.8, 4) is 0 Å². The van der Waals surface area contributed by atoms with Crippen molar-refractivity contribution in [2.75, 3.05) is 32.8 Å². The van der Waals surface area contributed by atoms with Gasteiger partial charge in [-0.1, -0.05) is 19.8 Å². The first-order valence-electron chi connectivity index (χ1n) is 8.23. The molecule has 2 aliphatic rings. The maximum absolute atomic E-state index is 12.2. The quantitative estimate of drug-likeness (QED) is 0.676. The zero-order valence-electron chi connectivity index (χ0n) is 13.5. The topological polar surface area (TPSA) is 50.4 Å². The number of rotatable bonds is 8. The Labute approximate surface area is 135 Å². The number of carbonyl (C=O) groups is 1. The van der Waals surface area contributed by atoms with Crippen LogP contribution in [0.3, 0.4) is 0 Å². The molecule has 0 aromatic carbocycles. The molecule has 1 amide bonds. The van der Waals surface area contributed by atoms with E-state index in [1.54, 1.807) is 0 Å². The van der Waals surface area contributed by atoms with E-state index in [9.17, 15) is 4.79 Å². The van der Waals surface area contributed by atoms with Crippen LogP contribution >= 0.6 is 12.4 Å². The van der Waals surface area contributed by atoms with E-state index >= 15 is 0 Å². The van der Waals surface area contributed by atoms with Crippen LogP contribution in [0.15, 0.2) is 0 Å². The van der Waals surface area contributed by atoms with Crippen LogP contribution in [0, 0.1) is 17.3 Å². The fraction of sp³-hybridized carbons (Fsp3) is 0.938. The summed E-state index contributed by atoms with van der Waals surface area (Å²) < 4.78 is 5.52. The minimum absolute atomic E-state index is 0. The van der Waals surface area contributed by atoms with Crippen molar-refractivity contribution < 1.29 is 9.53 Å². The minimum atomic E-state index is 0. The van der Waals surface area contributed by atoms with Crippen molar-refractivity contribution in [2.24, 2.45) is 17.3 Å². The van der Waals surface area contributed by atoms with Crippen molar-refractivity contribution in [3.63, 3.8) is 0 Å². The second-order valence-electron chi connectivity index (χ2n) is 6.58. The molecule has 1 aliphatic carbocycles. The van der Waals surface area contributed by atoms with E-state index < -0.39 is 0 Å². The van der Waals surface area contributed by atoms with Gasteiger partial charge in [0.25, 0.3) is 0 Å². The van der Waals surface area contributed by atoms with Gasteiger partial charge in [0.05, 0.1) is 0 Å². The maximum Gasteiger partial charge on any atom is 0.223 e. The number of carbonyl (C=O) groups excluding carboxylic acids is 1. The average molecular weight is 319 g/mol. The van der Waals surface area contributed by atoms with Gasteiger partial charge in [0.2, 0.25) is 5.91 Å². The number of hydrogen-bond acceptors (Lipinski definition) is 3. The highest BCUT2D eigenvalue weighted by Crippen LogP contribution is 2.40. The average Bonchev–Trinajstić information content (AvgIpc) is 2.83. The smallest absolute Gasteiger partial charge is 0.223 e. The Morgan fingerprint density at radius 1 is 1.38 bits per heavy atom. The van der Waals surface area contributed by atoms with E-state index in [-0.39, 0.29) is 24.2 Å². The van der Waals surface area contributed by atoms with Crippen molar-refractivity contribution in [1.29, 1.82) is 0 Å². The first kappa shape index (κ1) is 18.7. The van der Waals surface area contributed by atoms with Gasteiger partial charge < -0.3 is 15.4 Å². The van der Waals surface area contributed by atoms with Crippen LogP contribution in [0.1, 0.15) is 46.0 Å². The molecule has 2 N–H and O–H groups in total. The Balaban J connectivity index is 0.00000220. The summed E-state index contributed by atoms with van der Waals surface area (Å²) in [6.45, 7) is 8.53. The molecule has 0 spiro atoms. The van der Waals surface area contributed by atoms with Gasteiger partial charge in [0.15, 0.2) is 0 Å². The third-order valence-corrected chi connectivity index (χ3v) is 5.22. The van der Waals surface area contributed by atoms with E-state index in [4.69, 9.17) is 4.74 Å². The summed E-state index contributed by atoms with van der Waals surface area (Å²) in [5.41, 5.74) is 0.294. The summed E-state index contributed by atoms with van der Waals surface area (Å²) in [6.07, 6.45) is 6.15. The third-order valence-electron chi connectivity index (χ3n) is 5.22. The van der Waals surface area contributed by atoms with Crippen molar-refractivity contribution in [2.45, 2.75) is 46.0 Å². The standard InChI is InChI=1S/C16H30N2O2.ClH/c1-3-20-9-8-16(6-4-5-7-16)12-18-15(19)13(2)14-10-17-11-14;/h13-14,17H,3-12H2,1-2H3,(H,18,19);1H. The van der Waals surface area contributed by atoms with Crippen LogP contribution < -0.4 is 10.6 Å².